The first-order valence-corrected chi connectivity index (χ1v) is 10.2. The number of hydrogen-bond acceptors (Lipinski definition) is 3. The molecule has 0 spiro atoms. The van der Waals surface area contributed by atoms with Crippen LogP contribution in [0, 0.1) is 5.82 Å². The van der Waals surface area contributed by atoms with Crippen LogP contribution in [-0.4, -0.2) is 21.4 Å². The Labute approximate surface area is 169 Å². The standard InChI is InChI=1S/C22H19FN2O3S/c1-25(20-5-3-2-4-6-20)29(27,28)21-14-12-19(13-15-21)24-22(26)16-9-17-7-10-18(23)11-8-17/h2-16H,1H3,(H,24,26)/b16-9+. The van der Waals surface area contributed by atoms with E-state index in [0.29, 0.717) is 16.9 Å². The molecule has 3 aromatic carbocycles. The van der Waals surface area contributed by atoms with Crippen molar-refractivity contribution in [1.82, 2.24) is 0 Å². The highest BCUT2D eigenvalue weighted by atomic mass is 32.2. The van der Waals surface area contributed by atoms with Gasteiger partial charge in [-0.05, 0) is 60.2 Å². The molecule has 3 aromatic rings. The lowest BCUT2D eigenvalue weighted by atomic mass is 10.2. The van der Waals surface area contributed by atoms with Gasteiger partial charge in [0.1, 0.15) is 5.82 Å². The van der Waals surface area contributed by atoms with E-state index < -0.39 is 10.0 Å². The monoisotopic (exact) mass is 410 g/mol. The summed E-state index contributed by atoms with van der Waals surface area (Å²) in [5.74, 6) is -0.731. The van der Waals surface area contributed by atoms with Crippen LogP contribution in [0.4, 0.5) is 15.8 Å². The van der Waals surface area contributed by atoms with E-state index in [0.717, 1.165) is 0 Å². The van der Waals surface area contributed by atoms with Gasteiger partial charge in [-0.3, -0.25) is 9.10 Å². The molecule has 0 aliphatic rings. The second kappa shape index (κ2) is 8.70. The predicted octanol–water partition coefficient (Wildman–Crippen LogP) is 4.30. The average molecular weight is 410 g/mol. The number of amides is 1. The van der Waals surface area contributed by atoms with E-state index in [9.17, 15) is 17.6 Å². The molecule has 148 valence electrons. The van der Waals surface area contributed by atoms with Crippen molar-refractivity contribution in [3.05, 3.63) is 96.3 Å². The Morgan fingerprint density at radius 3 is 2.17 bits per heavy atom. The normalized spacial score (nSPS) is 11.4. The Kier molecular flexibility index (Phi) is 6.09. The Balaban J connectivity index is 1.68. The maximum absolute atomic E-state index is 12.9. The molecule has 0 saturated carbocycles. The quantitative estimate of drug-likeness (QED) is 0.616. The molecule has 0 bridgehead atoms. The minimum atomic E-state index is -3.71. The van der Waals surface area contributed by atoms with Crippen molar-refractivity contribution in [3.8, 4) is 0 Å². The van der Waals surface area contributed by atoms with E-state index in [1.54, 1.807) is 42.5 Å². The molecule has 0 aliphatic heterocycles. The van der Waals surface area contributed by atoms with Gasteiger partial charge in [-0.2, -0.15) is 0 Å². The summed E-state index contributed by atoms with van der Waals surface area (Å²) >= 11 is 0. The van der Waals surface area contributed by atoms with E-state index in [2.05, 4.69) is 5.32 Å². The number of benzene rings is 3. The summed E-state index contributed by atoms with van der Waals surface area (Å²) < 4.78 is 39.6. The zero-order valence-corrected chi connectivity index (χ0v) is 16.4. The van der Waals surface area contributed by atoms with E-state index in [-0.39, 0.29) is 16.6 Å². The Bertz CT molecular complexity index is 1110. The summed E-state index contributed by atoms with van der Waals surface area (Å²) in [4.78, 5) is 12.1. The number of para-hydroxylation sites is 1. The highest BCUT2D eigenvalue weighted by molar-refractivity contribution is 7.92. The third-order valence-corrected chi connectivity index (χ3v) is 6.00. The molecule has 0 aliphatic carbocycles. The summed E-state index contributed by atoms with van der Waals surface area (Å²) in [6.45, 7) is 0. The van der Waals surface area contributed by atoms with Crippen molar-refractivity contribution in [1.29, 1.82) is 0 Å². The maximum atomic E-state index is 12.9. The van der Waals surface area contributed by atoms with Crippen LogP contribution >= 0.6 is 0 Å². The van der Waals surface area contributed by atoms with Crippen LogP contribution in [-0.2, 0) is 14.8 Å². The minimum absolute atomic E-state index is 0.115. The molecular formula is C22H19FN2O3S. The van der Waals surface area contributed by atoms with E-state index >= 15 is 0 Å². The zero-order valence-electron chi connectivity index (χ0n) is 15.6. The number of sulfonamides is 1. The third kappa shape index (κ3) is 5.08. The van der Waals surface area contributed by atoms with Gasteiger partial charge in [0.25, 0.3) is 10.0 Å². The van der Waals surface area contributed by atoms with Crippen LogP contribution < -0.4 is 9.62 Å². The van der Waals surface area contributed by atoms with E-state index in [1.165, 1.54) is 53.8 Å². The van der Waals surface area contributed by atoms with Gasteiger partial charge >= 0.3 is 0 Å². The average Bonchev–Trinajstić information content (AvgIpc) is 2.74. The number of nitrogens with zero attached hydrogens (tertiary/aromatic N) is 1. The van der Waals surface area contributed by atoms with Crippen molar-refractivity contribution in [2.45, 2.75) is 4.90 Å². The number of nitrogens with one attached hydrogen (secondary N) is 1. The molecule has 0 atom stereocenters. The fraction of sp³-hybridized carbons (Fsp3) is 0.0455. The first-order valence-electron chi connectivity index (χ1n) is 8.75. The van der Waals surface area contributed by atoms with E-state index in [4.69, 9.17) is 0 Å². The maximum Gasteiger partial charge on any atom is 0.264 e. The molecule has 0 unspecified atom stereocenters. The van der Waals surface area contributed by atoms with Crippen LogP contribution in [0.5, 0.6) is 0 Å². The summed E-state index contributed by atoms with van der Waals surface area (Å²) in [6, 6.07) is 20.4. The predicted molar refractivity (Wildman–Crippen MR) is 113 cm³/mol. The SMILES string of the molecule is CN(c1ccccc1)S(=O)(=O)c1ccc(NC(=O)/C=C/c2ccc(F)cc2)cc1. The first-order chi connectivity index (χ1) is 13.9. The van der Waals surface area contributed by atoms with Crippen LogP contribution in [0.15, 0.2) is 89.8 Å². The highest BCUT2D eigenvalue weighted by Gasteiger charge is 2.20. The van der Waals surface area contributed by atoms with Crippen molar-refractivity contribution >= 4 is 33.4 Å². The molecule has 7 heteroatoms. The molecule has 0 heterocycles. The molecule has 5 nitrogen and oxygen atoms in total. The number of anilines is 2. The molecule has 29 heavy (non-hydrogen) atoms. The molecule has 1 N–H and O–H groups in total. The van der Waals surface area contributed by atoms with Gasteiger partial charge < -0.3 is 5.32 Å². The number of carbonyl (C=O) groups is 1. The summed E-state index contributed by atoms with van der Waals surface area (Å²) in [6.07, 6.45) is 2.88. The summed E-state index contributed by atoms with van der Waals surface area (Å²) in [5.41, 5.74) is 1.70. The Morgan fingerprint density at radius 2 is 1.55 bits per heavy atom. The van der Waals surface area contributed by atoms with Gasteiger partial charge in [-0.15, -0.1) is 0 Å². The largest absolute Gasteiger partial charge is 0.323 e. The number of halogens is 1. The lowest BCUT2D eigenvalue weighted by molar-refractivity contribution is -0.111. The van der Waals surface area contributed by atoms with Gasteiger partial charge in [-0.25, -0.2) is 12.8 Å². The molecule has 1 amide bonds. The fourth-order valence-corrected chi connectivity index (χ4v) is 3.77. The number of carbonyl (C=O) groups excluding carboxylic acids is 1. The van der Waals surface area contributed by atoms with Gasteiger partial charge in [-0.1, -0.05) is 30.3 Å². The van der Waals surface area contributed by atoms with Crippen LogP contribution in [0.25, 0.3) is 6.08 Å². The van der Waals surface area contributed by atoms with E-state index in [1.807, 2.05) is 6.07 Å². The lowest BCUT2D eigenvalue weighted by Crippen LogP contribution is -2.26. The Morgan fingerprint density at radius 1 is 0.931 bits per heavy atom. The van der Waals surface area contributed by atoms with Crippen LogP contribution in [0.3, 0.4) is 0 Å². The summed E-state index contributed by atoms with van der Waals surface area (Å²) in [5, 5.41) is 2.65. The topological polar surface area (TPSA) is 66.5 Å². The first kappa shape index (κ1) is 20.3. The van der Waals surface area contributed by atoms with Crippen molar-refractivity contribution in [2.75, 3.05) is 16.7 Å². The molecule has 0 radical (unpaired) electrons. The van der Waals surface area contributed by atoms with Crippen molar-refractivity contribution in [3.63, 3.8) is 0 Å². The van der Waals surface area contributed by atoms with Crippen LogP contribution in [0.1, 0.15) is 5.56 Å². The molecule has 0 aromatic heterocycles. The Hall–Kier alpha value is -3.45. The van der Waals surface area contributed by atoms with Gasteiger partial charge in [0.05, 0.1) is 10.6 Å². The smallest absolute Gasteiger partial charge is 0.264 e. The van der Waals surface area contributed by atoms with Gasteiger partial charge in [0, 0.05) is 18.8 Å². The minimum Gasteiger partial charge on any atom is -0.323 e. The van der Waals surface area contributed by atoms with Gasteiger partial charge in [0.2, 0.25) is 5.91 Å². The third-order valence-electron chi connectivity index (χ3n) is 4.20. The summed E-state index contributed by atoms with van der Waals surface area (Å²) in [7, 11) is -2.22. The fourth-order valence-electron chi connectivity index (χ4n) is 2.57. The van der Waals surface area contributed by atoms with Crippen LogP contribution in [0.2, 0.25) is 0 Å². The second-order valence-electron chi connectivity index (χ2n) is 6.21. The molecule has 0 saturated heterocycles. The second-order valence-corrected chi connectivity index (χ2v) is 8.18. The van der Waals surface area contributed by atoms with Crippen molar-refractivity contribution < 1.29 is 17.6 Å². The molecular weight excluding hydrogens is 391 g/mol. The molecule has 0 fully saturated rings. The molecule has 3 rings (SSSR count). The number of rotatable bonds is 6. The zero-order chi connectivity index (χ0) is 20.9. The van der Waals surface area contributed by atoms with Crippen molar-refractivity contribution in [2.24, 2.45) is 0 Å². The van der Waals surface area contributed by atoms with Gasteiger partial charge in [0.15, 0.2) is 0 Å². The highest BCUT2D eigenvalue weighted by Crippen LogP contribution is 2.22. The lowest BCUT2D eigenvalue weighted by Gasteiger charge is -2.19. The number of hydrogen-bond donors (Lipinski definition) is 1.